The third-order valence-corrected chi connectivity index (χ3v) is 5.43. The van der Waals surface area contributed by atoms with Crippen LogP contribution in [0.4, 0.5) is 5.69 Å². The molecule has 3 rings (SSSR count). The van der Waals surface area contributed by atoms with Gasteiger partial charge in [0.2, 0.25) is 5.91 Å². The average molecular weight is 382 g/mol. The molecular weight excluding hydrogens is 358 g/mol. The van der Waals surface area contributed by atoms with E-state index in [2.05, 4.69) is 10.3 Å². The average Bonchev–Trinajstić information content (AvgIpc) is 2.68. The smallest absolute Gasteiger partial charge is 0.262 e. The van der Waals surface area contributed by atoms with Crippen molar-refractivity contribution >= 4 is 34.3 Å². The molecule has 0 fully saturated rings. The second kappa shape index (κ2) is 8.39. The standard InChI is InChI=1S/C21H23N3O2S/c1-4-15(3)24-20(26)17-7-5-6-8-18(17)23-21(24)27-13-19(25)22-16-11-9-14(2)10-12-16/h5-12,15H,4,13H2,1-3H3,(H,22,25)/t15-/m1/s1. The van der Waals surface area contributed by atoms with Crippen LogP contribution in [0.2, 0.25) is 0 Å². The lowest BCUT2D eigenvalue weighted by atomic mass is 10.2. The quantitative estimate of drug-likeness (QED) is 0.507. The third-order valence-electron chi connectivity index (χ3n) is 4.47. The Kier molecular flexibility index (Phi) is 5.96. The molecule has 1 amide bonds. The van der Waals surface area contributed by atoms with Crippen LogP contribution >= 0.6 is 11.8 Å². The molecule has 0 unspecified atom stereocenters. The number of fused-ring (bicyclic) bond motifs is 1. The minimum Gasteiger partial charge on any atom is -0.325 e. The summed E-state index contributed by atoms with van der Waals surface area (Å²) in [6, 6.07) is 15.0. The van der Waals surface area contributed by atoms with Crippen molar-refractivity contribution in [2.45, 2.75) is 38.4 Å². The molecule has 0 saturated carbocycles. The monoisotopic (exact) mass is 381 g/mol. The number of nitrogens with zero attached hydrogens (tertiary/aromatic N) is 2. The van der Waals surface area contributed by atoms with Gasteiger partial charge in [-0.1, -0.05) is 48.5 Å². The lowest BCUT2D eigenvalue weighted by Crippen LogP contribution is -2.26. The number of carbonyl (C=O) groups is 1. The molecule has 3 aromatic rings. The molecular formula is C21H23N3O2S. The van der Waals surface area contributed by atoms with E-state index in [0.717, 1.165) is 17.7 Å². The Balaban J connectivity index is 1.84. The molecule has 1 N–H and O–H groups in total. The van der Waals surface area contributed by atoms with Crippen molar-refractivity contribution in [3.63, 3.8) is 0 Å². The van der Waals surface area contributed by atoms with Crippen molar-refractivity contribution in [2.24, 2.45) is 0 Å². The maximum Gasteiger partial charge on any atom is 0.262 e. The summed E-state index contributed by atoms with van der Waals surface area (Å²) in [6.07, 6.45) is 0.809. The Labute approximate surface area is 162 Å². The lowest BCUT2D eigenvalue weighted by molar-refractivity contribution is -0.113. The van der Waals surface area contributed by atoms with Gasteiger partial charge in [0, 0.05) is 11.7 Å². The normalized spacial score (nSPS) is 12.1. The zero-order valence-electron chi connectivity index (χ0n) is 15.7. The Morgan fingerprint density at radius 1 is 1.19 bits per heavy atom. The molecule has 0 aliphatic rings. The second-order valence-corrected chi connectivity index (χ2v) is 7.49. The molecule has 0 aliphatic heterocycles. The summed E-state index contributed by atoms with van der Waals surface area (Å²) in [6.45, 7) is 6.03. The number of thioether (sulfide) groups is 1. The maximum atomic E-state index is 12.9. The van der Waals surface area contributed by atoms with E-state index < -0.39 is 0 Å². The Bertz CT molecular complexity index is 1010. The van der Waals surface area contributed by atoms with Crippen LogP contribution in [-0.2, 0) is 4.79 Å². The molecule has 0 radical (unpaired) electrons. The van der Waals surface area contributed by atoms with Crippen molar-refractivity contribution in [2.75, 3.05) is 11.1 Å². The minimum atomic E-state index is -0.123. The van der Waals surface area contributed by atoms with Crippen LogP contribution < -0.4 is 10.9 Å². The molecule has 1 aromatic heterocycles. The number of hydrogen-bond acceptors (Lipinski definition) is 4. The van der Waals surface area contributed by atoms with Gasteiger partial charge in [-0.15, -0.1) is 0 Å². The SMILES string of the molecule is CC[C@@H](C)n1c(SCC(=O)Nc2ccc(C)cc2)nc2ccccc2c1=O. The highest BCUT2D eigenvalue weighted by Gasteiger charge is 2.16. The number of carbonyl (C=O) groups excluding carboxylic acids is 1. The van der Waals surface area contributed by atoms with Crippen molar-refractivity contribution in [1.29, 1.82) is 0 Å². The van der Waals surface area contributed by atoms with Crippen molar-refractivity contribution < 1.29 is 4.79 Å². The van der Waals surface area contributed by atoms with E-state index in [0.29, 0.717) is 16.1 Å². The molecule has 0 bridgehead atoms. The van der Waals surface area contributed by atoms with Gasteiger partial charge in [-0.3, -0.25) is 14.2 Å². The Morgan fingerprint density at radius 2 is 1.89 bits per heavy atom. The highest BCUT2D eigenvalue weighted by Crippen LogP contribution is 2.22. The number of amides is 1. The first-order valence-corrected chi connectivity index (χ1v) is 9.98. The first-order valence-electron chi connectivity index (χ1n) is 9.00. The van der Waals surface area contributed by atoms with Crippen molar-refractivity contribution in [3.8, 4) is 0 Å². The zero-order chi connectivity index (χ0) is 19.4. The van der Waals surface area contributed by atoms with Gasteiger partial charge >= 0.3 is 0 Å². The molecule has 1 heterocycles. The summed E-state index contributed by atoms with van der Waals surface area (Å²) < 4.78 is 1.70. The first-order chi connectivity index (χ1) is 13.0. The third kappa shape index (κ3) is 4.39. The zero-order valence-corrected chi connectivity index (χ0v) is 16.5. The molecule has 2 aromatic carbocycles. The molecule has 6 heteroatoms. The Morgan fingerprint density at radius 3 is 2.59 bits per heavy atom. The summed E-state index contributed by atoms with van der Waals surface area (Å²) in [5, 5.41) is 4.06. The van der Waals surface area contributed by atoms with E-state index in [9.17, 15) is 9.59 Å². The van der Waals surface area contributed by atoms with Gasteiger partial charge in [-0.2, -0.15) is 0 Å². The predicted molar refractivity (Wildman–Crippen MR) is 112 cm³/mol. The fraction of sp³-hybridized carbons (Fsp3) is 0.286. The number of benzene rings is 2. The second-order valence-electron chi connectivity index (χ2n) is 6.55. The number of hydrogen-bond donors (Lipinski definition) is 1. The van der Waals surface area contributed by atoms with Crippen LogP contribution in [0, 0.1) is 6.92 Å². The van der Waals surface area contributed by atoms with Crippen LogP contribution in [0.5, 0.6) is 0 Å². The van der Waals surface area contributed by atoms with Crippen LogP contribution in [0.25, 0.3) is 10.9 Å². The number of anilines is 1. The van der Waals surface area contributed by atoms with Crippen LogP contribution in [0.3, 0.4) is 0 Å². The fourth-order valence-electron chi connectivity index (χ4n) is 2.76. The number of para-hydroxylation sites is 1. The predicted octanol–water partition coefficient (Wildman–Crippen LogP) is 4.41. The van der Waals surface area contributed by atoms with Crippen LogP contribution in [0.15, 0.2) is 58.5 Å². The van der Waals surface area contributed by atoms with Gasteiger partial charge in [0.1, 0.15) is 0 Å². The summed E-state index contributed by atoms with van der Waals surface area (Å²) in [5.74, 6) is 0.0664. The summed E-state index contributed by atoms with van der Waals surface area (Å²) in [7, 11) is 0. The van der Waals surface area contributed by atoms with E-state index in [-0.39, 0.29) is 23.3 Å². The van der Waals surface area contributed by atoms with E-state index in [1.165, 1.54) is 11.8 Å². The number of aryl methyl sites for hydroxylation is 1. The lowest BCUT2D eigenvalue weighted by Gasteiger charge is -2.18. The molecule has 140 valence electrons. The number of aromatic nitrogens is 2. The van der Waals surface area contributed by atoms with E-state index in [1.807, 2.05) is 63.2 Å². The summed E-state index contributed by atoms with van der Waals surface area (Å²) in [5.41, 5.74) is 2.50. The van der Waals surface area contributed by atoms with Gasteiger partial charge < -0.3 is 5.32 Å². The van der Waals surface area contributed by atoms with Gasteiger partial charge in [-0.25, -0.2) is 4.98 Å². The highest BCUT2D eigenvalue weighted by molar-refractivity contribution is 7.99. The summed E-state index contributed by atoms with van der Waals surface area (Å²) >= 11 is 1.29. The van der Waals surface area contributed by atoms with Gasteiger partial charge in [0.05, 0.1) is 16.7 Å². The van der Waals surface area contributed by atoms with E-state index in [1.54, 1.807) is 10.6 Å². The molecule has 27 heavy (non-hydrogen) atoms. The van der Waals surface area contributed by atoms with Crippen molar-refractivity contribution in [3.05, 3.63) is 64.4 Å². The van der Waals surface area contributed by atoms with Crippen LogP contribution in [-0.4, -0.2) is 21.2 Å². The maximum absolute atomic E-state index is 12.9. The molecule has 0 spiro atoms. The molecule has 0 aliphatic carbocycles. The highest BCUT2D eigenvalue weighted by atomic mass is 32.2. The first kappa shape index (κ1) is 19.2. The fourth-order valence-corrected chi connectivity index (χ4v) is 3.66. The molecule has 1 atom stereocenters. The van der Waals surface area contributed by atoms with Crippen molar-refractivity contribution in [1.82, 2.24) is 9.55 Å². The molecule has 0 saturated heterocycles. The Hall–Kier alpha value is -2.60. The largest absolute Gasteiger partial charge is 0.325 e. The number of rotatable bonds is 6. The molecule has 5 nitrogen and oxygen atoms in total. The van der Waals surface area contributed by atoms with Gasteiger partial charge in [0.25, 0.3) is 5.56 Å². The topological polar surface area (TPSA) is 64.0 Å². The van der Waals surface area contributed by atoms with Gasteiger partial charge in [-0.05, 0) is 44.5 Å². The van der Waals surface area contributed by atoms with Crippen LogP contribution in [0.1, 0.15) is 31.9 Å². The number of nitrogens with one attached hydrogen (secondary N) is 1. The minimum absolute atomic E-state index is 0.0114. The summed E-state index contributed by atoms with van der Waals surface area (Å²) in [4.78, 5) is 29.9. The van der Waals surface area contributed by atoms with E-state index >= 15 is 0 Å². The van der Waals surface area contributed by atoms with E-state index in [4.69, 9.17) is 0 Å². The van der Waals surface area contributed by atoms with Gasteiger partial charge in [0.15, 0.2) is 5.16 Å².